The van der Waals surface area contributed by atoms with Crippen molar-refractivity contribution < 1.29 is 19.1 Å². The number of carbonyl (C=O) groups is 2. The Hall–Kier alpha value is -3.40. The van der Waals surface area contributed by atoms with Crippen LogP contribution < -0.4 is 9.47 Å². The first-order chi connectivity index (χ1) is 14.5. The largest absolute Gasteiger partial charge is 0.427 e. The number of esters is 2. The summed E-state index contributed by atoms with van der Waals surface area (Å²) in [4.78, 5) is 22.5. The molecule has 0 N–H and O–H groups in total. The Bertz CT molecular complexity index is 916. The van der Waals surface area contributed by atoms with Crippen LogP contribution in [0.4, 0.5) is 0 Å². The second-order valence-corrected chi connectivity index (χ2v) is 7.23. The molecule has 4 nitrogen and oxygen atoms in total. The van der Waals surface area contributed by atoms with Crippen LogP contribution in [0.2, 0.25) is 0 Å². The minimum atomic E-state index is -0.337. The van der Waals surface area contributed by atoms with Gasteiger partial charge in [0.15, 0.2) is 0 Å². The van der Waals surface area contributed by atoms with E-state index < -0.39 is 0 Å². The topological polar surface area (TPSA) is 52.6 Å². The lowest BCUT2D eigenvalue weighted by Gasteiger charge is -2.28. The molecule has 1 unspecified atom stereocenters. The molecule has 0 aliphatic carbocycles. The van der Waals surface area contributed by atoms with Gasteiger partial charge in [-0.1, -0.05) is 61.5 Å². The van der Waals surface area contributed by atoms with Gasteiger partial charge in [-0.2, -0.15) is 0 Å². The Labute approximate surface area is 177 Å². The molecule has 3 aromatic rings. The van der Waals surface area contributed by atoms with E-state index in [2.05, 4.69) is 31.2 Å². The summed E-state index contributed by atoms with van der Waals surface area (Å²) in [5.74, 6) is 0.735. The van der Waals surface area contributed by atoms with Crippen LogP contribution in [0.15, 0.2) is 78.9 Å². The number of benzene rings is 3. The van der Waals surface area contributed by atoms with Gasteiger partial charge in [0, 0.05) is 19.8 Å². The summed E-state index contributed by atoms with van der Waals surface area (Å²) < 4.78 is 10.4. The van der Waals surface area contributed by atoms with Crippen LogP contribution in [0.25, 0.3) is 0 Å². The number of hydrogen-bond acceptors (Lipinski definition) is 4. The zero-order valence-corrected chi connectivity index (χ0v) is 17.5. The van der Waals surface area contributed by atoms with Gasteiger partial charge in [-0.15, -0.1) is 0 Å². The molecule has 4 heteroatoms. The fourth-order valence-corrected chi connectivity index (χ4v) is 3.84. The monoisotopic (exact) mass is 402 g/mol. The molecule has 30 heavy (non-hydrogen) atoms. The highest BCUT2D eigenvalue weighted by atomic mass is 16.5. The molecule has 0 bridgehead atoms. The van der Waals surface area contributed by atoms with Crippen LogP contribution in [-0.4, -0.2) is 11.9 Å². The summed E-state index contributed by atoms with van der Waals surface area (Å²) in [7, 11) is 0. The van der Waals surface area contributed by atoms with Gasteiger partial charge in [-0.3, -0.25) is 9.59 Å². The molecular formula is C26H26O4. The molecule has 0 fully saturated rings. The zero-order chi connectivity index (χ0) is 21.5. The Morgan fingerprint density at radius 3 is 1.47 bits per heavy atom. The van der Waals surface area contributed by atoms with E-state index in [-0.39, 0.29) is 23.8 Å². The van der Waals surface area contributed by atoms with E-state index in [4.69, 9.17) is 9.47 Å². The van der Waals surface area contributed by atoms with Gasteiger partial charge in [0.1, 0.15) is 11.5 Å². The molecule has 0 saturated carbocycles. The predicted octanol–water partition coefficient (Wildman–Crippen LogP) is 5.86. The smallest absolute Gasteiger partial charge is 0.308 e. The first-order valence-corrected chi connectivity index (χ1v) is 10.1. The average Bonchev–Trinajstić information content (AvgIpc) is 2.73. The Morgan fingerprint density at radius 1 is 0.667 bits per heavy atom. The molecule has 0 heterocycles. The SMILES string of the molecule is CCC(c1ccccc1)C(c1ccc(OC(C)=O)cc1)c1ccc(OC(C)=O)cc1. The molecular weight excluding hydrogens is 376 g/mol. The summed E-state index contributed by atoms with van der Waals surface area (Å²) in [6, 6.07) is 25.8. The minimum Gasteiger partial charge on any atom is -0.427 e. The molecule has 3 aromatic carbocycles. The second-order valence-electron chi connectivity index (χ2n) is 7.23. The Balaban J connectivity index is 2.02. The first kappa shape index (κ1) is 21.3. The third-order valence-corrected chi connectivity index (χ3v) is 5.07. The van der Waals surface area contributed by atoms with Crippen molar-refractivity contribution in [3.8, 4) is 11.5 Å². The standard InChI is InChI=1S/C26H26O4/c1-4-25(20-8-6-5-7-9-20)26(21-10-14-23(15-11-21)29-18(2)27)22-12-16-24(17-13-22)30-19(3)28/h5-17,25-26H,4H2,1-3H3. The summed E-state index contributed by atoms with van der Waals surface area (Å²) in [6.07, 6.45) is 0.950. The van der Waals surface area contributed by atoms with E-state index in [1.54, 1.807) is 0 Å². The molecule has 0 aromatic heterocycles. The molecule has 1 atom stereocenters. The molecule has 3 rings (SSSR count). The van der Waals surface area contributed by atoms with Crippen molar-refractivity contribution in [2.45, 2.75) is 39.0 Å². The fourth-order valence-electron chi connectivity index (χ4n) is 3.84. The summed E-state index contributed by atoms with van der Waals surface area (Å²) in [5, 5.41) is 0. The Morgan fingerprint density at radius 2 is 1.10 bits per heavy atom. The van der Waals surface area contributed by atoms with Crippen LogP contribution >= 0.6 is 0 Å². The normalized spacial score (nSPS) is 11.7. The van der Waals surface area contributed by atoms with Crippen molar-refractivity contribution in [2.24, 2.45) is 0 Å². The van der Waals surface area contributed by atoms with E-state index in [1.165, 1.54) is 19.4 Å². The maximum Gasteiger partial charge on any atom is 0.308 e. The zero-order valence-electron chi connectivity index (χ0n) is 17.5. The maximum atomic E-state index is 11.2. The highest BCUT2D eigenvalue weighted by Gasteiger charge is 2.25. The van der Waals surface area contributed by atoms with Crippen molar-refractivity contribution in [1.29, 1.82) is 0 Å². The lowest BCUT2D eigenvalue weighted by Crippen LogP contribution is -2.13. The van der Waals surface area contributed by atoms with Crippen molar-refractivity contribution in [3.63, 3.8) is 0 Å². The van der Waals surface area contributed by atoms with Crippen LogP contribution in [0, 0.1) is 0 Å². The molecule has 0 aliphatic heterocycles. The van der Waals surface area contributed by atoms with Crippen molar-refractivity contribution in [1.82, 2.24) is 0 Å². The lowest BCUT2D eigenvalue weighted by atomic mass is 9.76. The minimum absolute atomic E-state index is 0.0927. The molecule has 0 spiro atoms. The van der Waals surface area contributed by atoms with Gasteiger partial charge in [0.25, 0.3) is 0 Å². The molecule has 0 amide bonds. The van der Waals surface area contributed by atoms with E-state index >= 15 is 0 Å². The highest BCUT2D eigenvalue weighted by Crippen LogP contribution is 2.41. The summed E-state index contributed by atoms with van der Waals surface area (Å²) >= 11 is 0. The van der Waals surface area contributed by atoms with Crippen molar-refractivity contribution in [3.05, 3.63) is 95.6 Å². The number of ether oxygens (including phenoxy) is 2. The molecule has 0 saturated heterocycles. The molecule has 0 aliphatic rings. The number of carbonyl (C=O) groups excluding carboxylic acids is 2. The average molecular weight is 402 g/mol. The number of rotatable bonds is 7. The van der Waals surface area contributed by atoms with Gasteiger partial charge in [-0.25, -0.2) is 0 Å². The van der Waals surface area contributed by atoms with E-state index in [0.717, 1.165) is 17.5 Å². The van der Waals surface area contributed by atoms with Crippen LogP contribution in [0.3, 0.4) is 0 Å². The van der Waals surface area contributed by atoms with Crippen LogP contribution in [0.5, 0.6) is 11.5 Å². The van der Waals surface area contributed by atoms with Gasteiger partial charge < -0.3 is 9.47 Å². The Kier molecular flexibility index (Phi) is 7.02. The van der Waals surface area contributed by atoms with Crippen LogP contribution in [-0.2, 0) is 9.59 Å². The fraction of sp³-hybridized carbons (Fsp3) is 0.231. The lowest BCUT2D eigenvalue weighted by molar-refractivity contribution is -0.132. The van der Waals surface area contributed by atoms with Gasteiger partial charge in [0.2, 0.25) is 0 Å². The summed E-state index contributed by atoms with van der Waals surface area (Å²) in [6.45, 7) is 4.97. The summed E-state index contributed by atoms with van der Waals surface area (Å²) in [5.41, 5.74) is 3.52. The van der Waals surface area contributed by atoms with E-state index in [1.807, 2.05) is 54.6 Å². The van der Waals surface area contributed by atoms with Crippen molar-refractivity contribution >= 4 is 11.9 Å². The number of hydrogen-bond donors (Lipinski definition) is 0. The first-order valence-electron chi connectivity index (χ1n) is 10.1. The van der Waals surface area contributed by atoms with Crippen LogP contribution in [0.1, 0.15) is 55.7 Å². The molecule has 0 radical (unpaired) electrons. The molecule has 154 valence electrons. The maximum absolute atomic E-state index is 11.2. The third-order valence-electron chi connectivity index (χ3n) is 5.07. The highest BCUT2D eigenvalue weighted by molar-refractivity contribution is 5.69. The van der Waals surface area contributed by atoms with Gasteiger partial charge in [0.05, 0.1) is 0 Å². The van der Waals surface area contributed by atoms with E-state index in [9.17, 15) is 9.59 Å². The van der Waals surface area contributed by atoms with Crippen molar-refractivity contribution in [2.75, 3.05) is 0 Å². The second kappa shape index (κ2) is 9.88. The quantitative estimate of drug-likeness (QED) is 0.367. The van der Waals surface area contributed by atoms with Gasteiger partial charge in [-0.05, 0) is 53.3 Å². The predicted molar refractivity (Wildman–Crippen MR) is 117 cm³/mol. The third kappa shape index (κ3) is 5.35. The van der Waals surface area contributed by atoms with Gasteiger partial charge >= 0.3 is 11.9 Å². The van der Waals surface area contributed by atoms with E-state index in [0.29, 0.717) is 11.5 Å².